The highest BCUT2D eigenvalue weighted by atomic mass is 35.5. The van der Waals surface area contributed by atoms with Gasteiger partial charge in [0.15, 0.2) is 0 Å². The van der Waals surface area contributed by atoms with Crippen molar-refractivity contribution in [3.63, 3.8) is 0 Å². The molecular weight excluding hydrogens is 298 g/mol. The van der Waals surface area contributed by atoms with Gasteiger partial charge in [0, 0.05) is 23.5 Å². The van der Waals surface area contributed by atoms with E-state index in [0.29, 0.717) is 17.1 Å². The van der Waals surface area contributed by atoms with E-state index in [-0.39, 0.29) is 6.54 Å². The van der Waals surface area contributed by atoms with E-state index in [1.807, 2.05) is 0 Å². The fourth-order valence-electron chi connectivity index (χ4n) is 1.67. The lowest BCUT2D eigenvalue weighted by atomic mass is 10.1. The Morgan fingerprint density at radius 2 is 1.95 bits per heavy atom. The highest BCUT2D eigenvalue weighted by molar-refractivity contribution is 7.92. The summed E-state index contributed by atoms with van der Waals surface area (Å²) in [5.74, 6) is 0. The maximum atomic E-state index is 12.2. The predicted octanol–water partition coefficient (Wildman–Crippen LogP) is 2.73. The lowest BCUT2D eigenvalue weighted by Gasteiger charge is -2.26. The van der Waals surface area contributed by atoms with Gasteiger partial charge in [-0.05, 0) is 31.6 Å². The first-order valence-corrected chi connectivity index (χ1v) is 8.19. The summed E-state index contributed by atoms with van der Waals surface area (Å²) >= 11 is 5.97. The molecule has 4 nitrogen and oxygen atoms in total. The molecule has 1 aromatic rings. The number of halogens is 1. The van der Waals surface area contributed by atoms with Crippen molar-refractivity contribution in [2.75, 3.05) is 13.1 Å². The van der Waals surface area contributed by atoms with Gasteiger partial charge in [0.05, 0.1) is 5.60 Å². The minimum atomic E-state index is -3.59. The zero-order valence-corrected chi connectivity index (χ0v) is 13.4. The first-order chi connectivity index (χ1) is 9.15. The number of nitrogens with zero attached hydrogens (tertiary/aromatic N) is 1. The van der Waals surface area contributed by atoms with Gasteiger partial charge in [0.1, 0.15) is 0 Å². The van der Waals surface area contributed by atoms with E-state index in [1.165, 1.54) is 10.4 Å². The summed E-state index contributed by atoms with van der Waals surface area (Å²) in [6.45, 7) is 5.20. The molecule has 112 valence electrons. The van der Waals surface area contributed by atoms with Crippen molar-refractivity contribution in [1.82, 2.24) is 4.31 Å². The van der Waals surface area contributed by atoms with Crippen molar-refractivity contribution >= 4 is 27.7 Å². The van der Waals surface area contributed by atoms with Gasteiger partial charge in [-0.2, -0.15) is 4.31 Å². The molecule has 0 atom stereocenters. The molecule has 0 aromatic heterocycles. The van der Waals surface area contributed by atoms with Gasteiger partial charge in [0.25, 0.3) is 0 Å². The standard InChI is InChI=1S/C14H20ClNO3S/c1-4-16(11-14(2,3)17)20(18,19)10-9-12-7-5-6-8-13(12)15/h5-10,17H,4,11H2,1-3H3/b10-9+. The molecule has 0 spiro atoms. The molecule has 0 saturated carbocycles. The smallest absolute Gasteiger partial charge is 0.236 e. The molecule has 1 rings (SSSR count). The van der Waals surface area contributed by atoms with Crippen LogP contribution in [0.1, 0.15) is 26.3 Å². The second-order valence-electron chi connectivity index (χ2n) is 5.11. The molecule has 6 heteroatoms. The van der Waals surface area contributed by atoms with Crippen LogP contribution in [-0.4, -0.2) is 36.5 Å². The quantitative estimate of drug-likeness (QED) is 0.877. The lowest BCUT2D eigenvalue weighted by molar-refractivity contribution is 0.0604. The fourth-order valence-corrected chi connectivity index (χ4v) is 3.21. The number of hydrogen-bond donors (Lipinski definition) is 1. The van der Waals surface area contributed by atoms with Crippen LogP contribution in [0.2, 0.25) is 5.02 Å². The van der Waals surface area contributed by atoms with E-state index >= 15 is 0 Å². The Morgan fingerprint density at radius 1 is 1.35 bits per heavy atom. The molecule has 0 radical (unpaired) electrons. The molecule has 0 aliphatic carbocycles. The Labute approximate surface area is 125 Å². The third-order valence-corrected chi connectivity index (χ3v) is 4.53. The average molecular weight is 318 g/mol. The van der Waals surface area contributed by atoms with Gasteiger partial charge in [-0.3, -0.25) is 0 Å². The van der Waals surface area contributed by atoms with E-state index in [2.05, 4.69) is 0 Å². The number of benzene rings is 1. The third kappa shape index (κ3) is 5.25. The van der Waals surface area contributed by atoms with E-state index in [0.717, 1.165) is 5.41 Å². The summed E-state index contributed by atoms with van der Waals surface area (Å²) in [7, 11) is -3.59. The number of rotatable bonds is 6. The topological polar surface area (TPSA) is 57.6 Å². The van der Waals surface area contributed by atoms with Crippen LogP contribution >= 0.6 is 11.6 Å². The molecular formula is C14H20ClNO3S. The molecule has 0 saturated heterocycles. The van der Waals surface area contributed by atoms with E-state index in [4.69, 9.17) is 11.6 Å². The number of sulfonamides is 1. The summed E-state index contributed by atoms with van der Waals surface area (Å²) < 4.78 is 25.6. The van der Waals surface area contributed by atoms with Crippen LogP contribution in [0.25, 0.3) is 6.08 Å². The number of aliphatic hydroxyl groups is 1. The monoisotopic (exact) mass is 317 g/mol. The maximum Gasteiger partial charge on any atom is 0.236 e. The van der Waals surface area contributed by atoms with Crippen molar-refractivity contribution in [2.24, 2.45) is 0 Å². The highest BCUT2D eigenvalue weighted by Crippen LogP contribution is 2.18. The van der Waals surface area contributed by atoms with Gasteiger partial charge in [0.2, 0.25) is 10.0 Å². The molecule has 0 amide bonds. The largest absolute Gasteiger partial charge is 0.389 e. The van der Waals surface area contributed by atoms with Crippen LogP contribution in [0.5, 0.6) is 0 Å². The van der Waals surface area contributed by atoms with Gasteiger partial charge in [-0.15, -0.1) is 0 Å². The lowest BCUT2D eigenvalue weighted by Crippen LogP contribution is -2.41. The molecule has 0 fully saturated rings. The van der Waals surface area contributed by atoms with Crippen LogP contribution in [0, 0.1) is 0 Å². The molecule has 0 bridgehead atoms. The van der Waals surface area contributed by atoms with E-state index in [9.17, 15) is 13.5 Å². The third-order valence-electron chi connectivity index (χ3n) is 2.60. The Kier molecular flexibility index (Phi) is 5.77. The van der Waals surface area contributed by atoms with Crippen molar-refractivity contribution in [3.05, 3.63) is 40.3 Å². The predicted molar refractivity (Wildman–Crippen MR) is 83.0 cm³/mol. The summed E-state index contributed by atoms with van der Waals surface area (Å²) in [5, 5.41) is 11.4. The second-order valence-corrected chi connectivity index (χ2v) is 7.33. The van der Waals surface area contributed by atoms with Crippen LogP contribution in [-0.2, 0) is 10.0 Å². The van der Waals surface area contributed by atoms with Crippen molar-refractivity contribution in [3.8, 4) is 0 Å². The minimum absolute atomic E-state index is 0.0404. The fraction of sp³-hybridized carbons (Fsp3) is 0.429. The molecule has 1 N–H and O–H groups in total. The van der Waals surface area contributed by atoms with Crippen LogP contribution in [0.4, 0.5) is 0 Å². The van der Waals surface area contributed by atoms with Crippen molar-refractivity contribution in [1.29, 1.82) is 0 Å². The average Bonchev–Trinajstić information content (AvgIpc) is 2.34. The number of hydrogen-bond acceptors (Lipinski definition) is 3. The molecule has 0 aliphatic rings. The molecule has 0 heterocycles. The van der Waals surface area contributed by atoms with Crippen molar-refractivity contribution in [2.45, 2.75) is 26.4 Å². The Morgan fingerprint density at radius 3 is 2.45 bits per heavy atom. The van der Waals surface area contributed by atoms with E-state index < -0.39 is 15.6 Å². The minimum Gasteiger partial charge on any atom is -0.389 e. The van der Waals surface area contributed by atoms with Crippen LogP contribution in [0.15, 0.2) is 29.7 Å². The second kappa shape index (κ2) is 6.72. The van der Waals surface area contributed by atoms with E-state index in [1.54, 1.807) is 45.0 Å². The Hall–Kier alpha value is -0.880. The summed E-state index contributed by atoms with van der Waals surface area (Å²) in [5.41, 5.74) is -0.446. The van der Waals surface area contributed by atoms with Crippen LogP contribution in [0.3, 0.4) is 0 Å². The van der Waals surface area contributed by atoms with Gasteiger partial charge < -0.3 is 5.11 Å². The van der Waals surface area contributed by atoms with Gasteiger partial charge >= 0.3 is 0 Å². The maximum absolute atomic E-state index is 12.2. The zero-order valence-electron chi connectivity index (χ0n) is 11.9. The molecule has 0 unspecified atom stereocenters. The normalized spacial score (nSPS) is 13.3. The van der Waals surface area contributed by atoms with Gasteiger partial charge in [-0.25, -0.2) is 8.42 Å². The highest BCUT2D eigenvalue weighted by Gasteiger charge is 2.24. The molecule has 20 heavy (non-hydrogen) atoms. The summed E-state index contributed by atoms with van der Waals surface area (Å²) in [6, 6.07) is 7.00. The zero-order chi connectivity index (χ0) is 15.4. The van der Waals surface area contributed by atoms with Gasteiger partial charge in [-0.1, -0.05) is 36.7 Å². The number of likely N-dealkylation sites (N-methyl/N-ethyl adjacent to an activating group) is 1. The summed E-state index contributed by atoms with van der Waals surface area (Å²) in [6.07, 6.45) is 1.46. The molecule has 0 aliphatic heterocycles. The Balaban J connectivity index is 2.96. The first-order valence-electron chi connectivity index (χ1n) is 6.31. The molecule has 1 aromatic carbocycles. The van der Waals surface area contributed by atoms with Crippen LogP contribution < -0.4 is 0 Å². The summed E-state index contributed by atoms with van der Waals surface area (Å²) in [4.78, 5) is 0. The van der Waals surface area contributed by atoms with Crippen molar-refractivity contribution < 1.29 is 13.5 Å². The Bertz CT molecular complexity index is 576. The SMILES string of the molecule is CCN(CC(C)(C)O)S(=O)(=O)/C=C/c1ccccc1Cl. The first kappa shape index (κ1) is 17.2.